The zero-order chi connectivity index (χ0) is 8.96. The second-order valence-corrected chi connectivity index (χ2v) is 8.17. The third kappa shape index (κ3) is 0.577. The van der Waals surface area contributed by atoms with Crippen molar-refractivity contribution >= 4 is 8.58 Å². The molecule has 0 heterocycles. The lowest BCUT2D eigenvalue weighted by Gasteiger charge is -2.35. The molecule has 4 aliphatic rings. The predicted octanol–water partition coefficient (Wildman–Crippen LogP) is 2.83. The van der Waals surface area contributed by atoms with Crippen molar-refractivity contribution in [2.24, 2.45) is 41.4 Å². The largest absolute Gasteiger partial charge is 0.116 e. The maximum atomic E-state index is 2.63. The molecule has 13 heavy (non-hydrogen) atoms. The maximum absolute atomic E-state index is 2.63. The standard InChI is InChI=1S/C12H19P/c1-4-13-12(3)10-6-5(2)7-9(8(6)10)11(7)12/h5-11,13H,4H2,1-3H3. The molecule has 72 valence electrons. The van der Waals surface area contributed by atoms with Crippen molar-refractivity contribution in [2.45, 2.75) is 25.9 Å². The maximum Gasteiger partial charge on any atom is -0.00824 e. The topological polar surface area (TPSA) is 0 Å². The summed E-state index contributed by atoms with van der Waals surface area (Å²) in [6.45, 7) is 7.55. The zero-order valence-electron chi connectivity index (χ0n) is 8.75. The molecule has 7 atom stereocenters. The quantitative estimate of drug-likeness (QED) is 0.593. The highest BCUT2D eigenvalue weighted by molar-refractivity contribution is 7.40. The summed E-state index contributed by atoms with van der Waals surface area (Å²) in [5, 5.41) is 0.839. The fraction of sp³-hybridized carbons (Fsp3) is 1.00. The van der Waals surface area contributed by atoms with Gasteiger partial charge in [0.25, 0.3) is 0 Å². The molecule has 4 fully saturated rings. The van der Waals surface area contributed by atoms with Gasteiger partial charge in [-0.1, -0.05) is 20.8 Å². The third-order valence-corrected chi connectivity index (χ3v) is 7.65. The molecule has 0 N–H and O–H groups in total. The summed E-state index contributed by atoms with van der Waals surface area (Å²) in [5.41, 5.74) is 0. The highest BCUT2D eigenvalue weighted by atomic mass is 31.1. The van der Waals surface area contributed by atoms with Crippen LogP contribution in [0, 0.1) is 41.4 Å². The molecule has 0 bridgehead atoms. The van der Waals surface area contributed by atoms with Gasteiger partial charge in [0.15, 0.2) is 0 Å². The molecule has 0 nitrogen and oxygen atoms in total. The van der Waals surface area contributed by atoms with Gasteiger partial charge in [-0.3, -0.25) is 0 Å². The van der Waals surface area contributed by atoms with E-state index in [0.717, 1.165) is 11.1 Å². The Morgan fingerprint density at radius 3 is 2.00 bits per heavy atom. The Kier molecular flexibility index (Phi) is 1.11. The third-order valence-electron chi connectivity index (χ3n) is 5.87. The van der Waals surface area contributed by atoms with Crippen LogP contribution in [0.25, 0.3) is 0 Å². The van der Waals surface area contributed by atoms with Gasteiger partial charge in [0.2, 0.25) is 0 Å². The monoisotopic (exact) mass is 194 g/mol. The van der Waals surface area contributed by atoms with E-state index in [-0.39, 0.29) is 0 Å². The van der Waals surface area contributed by atoms with Gasteiger partial charge in [-0.25, -0.2) is 0 Å². The molecular weight excluding hydrogens is 175 g/mol. The van der Waals surface area contributed by atoms with E-state index in [1.165, 1.54) is 50.3 Å². The lowest BCUT2D eigenvalue weighted by molar-refractivity contribution is 0.293. The van der Waals surface area contributed by atoms with E-state index >= 15 is 0 Å². The van der Waals surface area contributed by atoms with E-state index in [1.807, 2.05) is 0 Å². The summed E-state index contributed by atoms with van der Waals surface area (Å²) in [7, 11) is 1.27. The minimum atomic E-state index is 0.839. The number of fused-ring (bicyclic) bond motifs is 2. The first-order valence-electron chi connectivity index (χ1n) is 5.97. The molecule has 0 spiro atoms. The van der Waals surface area contributed by atoms with Crippen LogP contribution in [0.4, 0.5) is 0 Å². The van der Waals surface area contributed by atoms with Crippen LogP contribution in [0.15, 0.2) is 0 Å². The molecule has 0 aromatic rings. The Morgan fingerprint density at radius 1 is 1.08 bits per heavy atom. The van der Waals surface area contributed by atoms with Crippen LogP contribution in [-0.2, 0) is 0 Å². The summed E-state index contributed by atoms with van der Waals surface area (Å²) in [6, 6.07) is 0. The van der Waals surface area contributed by atoms with Crippen LogP contribution in [0.5, 0.6) is 0 Å². The lowest BCUT2D eigenvalue weighted by Crippen LogP contribution is -2.32. The molecular formula is C12H19P. The average molecular weight is 194 g/mol. The van der Waals surface area contributed by atoms with Crippen molar-refractivity contribution in [2.75, 3.05) is 6.16 Å². The van der Waals surface area contributed by atoms with Crippen LogP contribution >= 0.6 is 8.58 Å². The highest BCUT2D eigenvalue weighted by Gasteiger charge is 2.88. The summed E-state index contributed by atoms with van der Waals surface area (Å²) in [6.07, 6.45) is 1.44. The summed E-state index contributed by atoms with van der Waals surface area (Å²) in [4.78, 5) is 0. The molecule has 0 amide bonds. The SMILES string of the molecule is CCPC1(C)C2C3C(C)C4C(C32)C41. The Balaban J connectivity index is 1.73. The molecule has 4 aliphatic carbocycles. The Hall–Kier alpha value is 0.430. The molecule has 0 saturated heterocycles. The first kappa shape index (κ1) is 7.69. The second kappa shape index (κ2) is 1.87. The van der Waals surface area contributed by atoms with Gasteiger partial charge in [0.1, 0.15) is 0 Å². The molecule has 0 aliphatic heterocycles. The molecule has 1 heteroatoms. The minimum Gasteiger partial charge on any atom is -0.116 e. The van der Waals surface area contributed by atoms with Crippen molar-refractivity contribution in [3.63, 3.8) is 0 Å². The van der Waals surface area contributed by atoms with E-state index in [1.54, 1.807) is 0 Å². The number of hydrogen-bond donors (Lipinski definition) is 0. The van der Waals surface area contributed by atoms with Crippen molar-refractivity contribution in [3.8, 4) is 0 Å². The Labute approximate surface area is 82.6 Å². The predicted molar refractivity (Wildman–Crippen MR) is 57.4 cm³/mol. The normalized spacial score (nSPS) is 76.4. The van der Waals surface area contributed by atoms with E-state index in [0.29, 0.717) is 0 Å². The van der Waals surface area contributed by atoms with Crippen LogP contribution in [0.3, 0.4) is 0 Å². The van der Waals surface area contributed by atoms with Crippen molar-refractivity contribution in [1.29, 1.82) is 0 Å². The van der Waals surface area contributed by atoms with Crippen LogP contribution < -0.4 is 0 Å². The van der Waals surface area contributed by atoms with Gasteiger partial charge in [-0.05, 0) is 52.7 Å². The highest BCUT2D eigenvalue weighted by Crippen LogP contribution is 2.91. The van der Waals surface area contributed by atoms with Crippen LogP contribution in [0.2, 0.25) is 0 Å². The summed E-state index contributed by atoms with van der Waals surface area (Å²) >= 11 is 0. The van der Waals surface area contributed by atoms with Crippen molar-refractivity contribution in [3.05, 3.63) is 0 Å². The molecule has 0 radical (unpaired) electrons. The van der Waals surface area contributed by atoms with Gasteiger partial charge in [-0.15, -0.1) is 8.58 Å². The lowest BCUT2D eigenvalue weighted by atomic mass is 9.83. The second-order valence-electron chi connectivity index (χ2n) is 6.03. The first-order valence-corrected chi connectivity index (χ1v) is 7.17. The minimum absolute atomic E-state index is 0.839. The van der Waals surface area contributed by atoms with Gasteiger partial charge >= 0.3 is 0 Å². The van der Waals surface area contributed by atoms with E-state index in [4.69, 9.17) is 0 Å². The fourth-order valence-electron chi connectivity index (χ4n) is 5.76. The van der Waals surface area contributed by atoms with Gasteiger partial charge < -0.3 is 0 Å². The summed E-state index contributed by atoms with van der Waals surface area (Å²) < 4.78 is 0. The smallest absolute Gasteiger partial charge is 0.00824 e. The molecule has 7 unspecified atom stereocenters. The van der Waals surface area contributed by atoms with Gasteiger partial charge in [0.05, 0.1) is 0 Å². The van der Waals surface area contributed by atoms with E-state index in [2.05, 4.69) is 20.8 Å². The average Bonchev–Trinajstić information content (AvgIpc) is 2.92. The van der Waals surface area contributed by atoms with Crippen LogP contribution in [-0.4, -0.2) is 11.3 Å². The van der Waals surface area contributed by atoms with Crippen molar-refractivity contribution in [1.82, 2.24) is 0 Å². The molecule has 4 saturated carbocycles. The molecule has 0 aromatic carbocycles. The Bertz CT molecular complexity index is 249. The van der Waals surface area contributed by atoms with Crippen molar-refractivity contribution < 1.29 is 0 Å². The van der Waals surface area contributed by atoms with Gasteiger partial charge in [-0.2, -0.15) is 0 Å². The molecule has 0 aromatic heterocycles. The zero-order valence-corrected chi connectivity index (χ0v) is 9.75. The molecule has 4 rings (SSSR count). The fourth-order valence-corrected chi connectivity index (χ4v) is 7.76. The van der Waals surface area contributed by atoms with Crippen LogP contribution in [0.1, 0.15) is 20.8 Å². The van der Waals surface area contributed by atoms with E-state index in [9.17, 15) is 0 Å². The first-order chi connectivity index (χ1) is 6.22. The Morgan fingerprint density at radius 2 is 1.62 bits per heavy atom. The number of hydrogen-bond acceptors (Lipinski definition) is 0. The van der Waals surface area contributed by atoms with Gasteiger partial charge in [0, 0.05) is 0 Å². The summed E-state index contributed by atoms with van der Waals surface area (Å²) in [5.74, 6) is 8.37. The number of rotatable bonds is 2. The van der Waals surface area contributed by atoms with E-state index < -0.39 is 0 Å².